The Bertz CT molecular complexity index is 578. The number of hydrogen-bond donors (Lipinski definition) is 2. The first kappa shape index (κ1) is 11.1. The van der Waals surface area contributed by atoms with E-state index in [0.29, 0.717) is 6.54 Å². The van der Waals surface area contributed by atoms with Gasteiger partial charge in [0, 0.05) is 5.56 Å². The fraction of sp³-hybridized carbons (Fsp3) is 0.308. The van der Waals surface area contributed by atoms with Crippen molar-refractivity contribution in [3.05, 3.63) is 29.5 Å². The van der Waals surface area contributed by atoms with E-state index in [1.54, 1.807) is 0 Å². The highest BCUT2D eigenvalue weighted by molar-refractivity contribution is 5.70. The average Bonchev–Trinajstić information content (AvgIpc) is 2.96. The average molecular weight is 245 g/mol. The van der Waals surface area contributed by atoms with Crippen LogP contribution in [0.3, 0.4) is 0 Å². The molecule has 0 saturated carbocycles. The Hall–Kier alpha value is -2.01. The molecule has 0 aliphatic carbocycles. The molecule has 94 valence electrons. The first-order chi connectivity index (χ1) is 8.79. The largest absolute Gasteiger partial charge is 0.454 e. The van der Waals surface area contributed by atoms with Crippen LogP contribution in [0.1, 0.15) is 11.1 Å². The monoisotopic (exact) mass is 245 g/mol. The van der Waals surface area contributed by atoms with Gasteiger partial charge >= 0.3 is 0 Å². The van der Waals surface area contributed by atoms with Crippen molar-refractivity contribution in [1.29, 1.82) is 0 Å². The molecule has 3 rings (SSSR count). The normalized spacial score (nSPS) is 13.0. The highest BCUT2D eigenvalue weighted by atomic mass is 16.7. The van der Waals surface area contributed by atoms with Gasteiger partial charge < -0.3 is 15.2 Å². The second-order valence-electron chi connectivity index (χ2n) is 4.33. The summed E-state index contributed by atoms with van der Waals surface area (Å²) in [4.78, 5) is 0. The van der Waals surface area contributed by atoms with Crippen molar-refractivity contribution in [1.82, 2.24) is 10.2 Å². The van der Waals surface area contributed by atoms with Crippen molar-refractivity contribution in [2.75, 3.05) is 13.3 Å². The number of nitrogens with two attached hydrogens (primary N) is 1. The van der Waals surface area contributed by atoms with Gasteiger partial charge in [-0.05, 0) is 43.1 Å². The van der Waals surface area contributed by atoms with Gasteiger partial charge in [0.15, 0.2) is 11.5 Å². The predicted molar refractivity (Wildman–Crippen MR) is 67.6 cm³/mol. The zero-order valence-electron chi connectivity index (χ0n) is 10.2. The number of H-pyrrole nitrogens is 1. The summed E-state index contributed by atoms with van der Waals surface area (Å²) in [5, 5.41) is 7.14. The molecule has 5 nitrogen and oxygen atoms in total. The molecule has 0 amide bonds. The van der Waals surface area contributed by atoms with Crippen LogP contribution in [0.2, 0.25) is 0 Å². The van der Waals surface area contributed by atoms with Crippen LogP contribution >= 0.6 is 0 Å². The topological polar surface area (TPSA) is 73.2 Å². The van der Waals surface area contributed by atoms with Crippen molar-refractivity contribution in [2.24, 2.45) is 5.73 Å². The Morgan fingerprint density at radius 2 is 2.11 bits per heavy atom. The minimum Gasteiger partial charge on any atom is -0.454 e. The number of aromatic nitrogens is 2. The van der Waals surface area contributed by atoms with Gasteiger partial charge in [-0.15, -0.1) is 0 Å². The summed E-state index contributed by atoms with van der Waals surface area (Å²) in [5.74, 6) is 1.58. The van der Waals surface area contributed by atoms with E-state index >= 15 is 0 Å². The lowest BCUT2D eigenvalue weighted by Gasteiger charge is -2.07. The molecular weight excluding hydrogens is 230 g/mol. The predicted octanol–water partition coefficient (Wildman–Crippen LogP) is 1.62. The minimum atomic E-state index is 0.289. The number of nitrogens with one attached hydrogen (secondary N) is 1. The highest BCUT2D eigenvalue weighted by Gasteiger charge is 2.18. The summed E-state index contributed by atoms with van der Waals surface area (Å²) in [6, 6.07) is 3.98. The molecule has 1 aliphatic heterocycles. The summed E-state index contributed by atoms with van der Waals surface area (Å²) < 4.78 is 10.8. The van der Waals surface area contributed by atoms with Crippen LogP contribution in [0.4, 0.5) is 0 Å². The maximum absolute atomic E-state index is 5.61. The van der Waals surface area contributed by atoms with Crippen molar-refractivity contribution in [3.63, 3.8) is 0 Å². The third kappa shape index (κ3) is 1.73. The summed E-state index contributed by atoms with van der Waals surface area (Å²) in [6.07, 6.45) is 2.63. The number of hydrogen-bond acceptors (Lipinski definition) is 4. The van der Waals surface area contributed by atoms with E-state index in [9.17, 15) is 0 Å². The van der Waals surface area contributed by atoms with Crippen LogP contribution < -0.4 is 15.2 Å². The van der Waals surface area contributed by atoms with Gasteiger partial charge in [0.1, 0.15) is 0 Å². The lowest BCUT2D eigenvalue weighted by Crippen LogP contribution is -2.03. The number of fused-ring (bicyclic) bond motifs is 1. The quantitative estimate of drug-likeness (QED) is 0.861. The first-order valence-corrected chi connectivity index (χ1v) is 5.92. The van der Waals surface area contributed by atoms with Gasteiger partial charge in [0.05, 0.1) is 11.9 Å². The second kappa shape index (κ2) is 4.34. The van der Waals surface area contributed by atoms with Gasteiger partial charge in [0.25, 0.3) is 0 Å². The third-order valence-electron chi connectivity index (χ3n) is 3.12. The number of nitrogens with zero attached hydrogens (tertiary/aromatic N) is 1. The Kier molecular flexibility index (Phi) is 2.68. The van der Waals surface area contributed by atoms with E-state index in [0.717, 1.165) is 40.3 Å². The van der Waals surface area contributed by atoms with Crippen molar-refractivity contribution in [3.8, 4) is 22.8 Å². The Balaban J connectivity index is 2.08. The Morgan fingerprint density at radius 3 is 2.89 bits per heavy atom. The molecule has 0 saturated heterocycles. The van der Waals surface area contributed by atoms with Crippen LogP contribution in [0.15, 0.2) is 18.3 Å². The molecule has 1 aromatic heterocycles. The molecule has 0 unspecified atom stereocenters. The van der Waals surface area contributed by atoms with Gasteiger partial charge in [-0.3, -0.25) is 5.10 Å². The van der Waals surface area contributed by atoms with E-state index in [4.69, 9.17) is 15.2 Å². The summed E-state index contributed by atoms with van der Waals surface area (Å²) >= 11 is 0. The van der Waals surface area contributed by atoms with E-state index in [-0.39, 0.29) is 6.79 Å². The van der Waals surface area contributed by atoms with Gasteiger partial charge in [-0.2, -0.15) is 5.10 Å². The maximum atomic E-state index is 5.61. The summed E-state index contributed by atoms with van der Waals surface area (Å²) in [6.45, 7) is 2.94. The molecule has 0 radical (unpaired) electrons. The molecular formula is C13H15N3O2. The van der Waals surface area contributed by atoms with Crippen LogP contribution in [-0.2, 0) is 6.42 Å². The van der Waals surface area contributed by atoms with Crippen LogP contribution in [0.5, 0.6) is 11.5 Å². The minimum absolute atomic E-state index is 0.289. The number of rotatable bonds is 3. The standard InChI is InChI=1S/C13H15N3O2/c1-8-4-11-12(18-7-17-11)5-10(8)13-9(2-3-14)6-15-16-13/h4-6H,2-3,7,14H2,1H3,(H,15,16). The lowest BCUT2D eigenvalue weighted by atomic mass is 10.0. The van der Waals surface area contributed by atoms with Crippen molar-refractivity contribution >= 4 is 0 Å². The highest BCUT2D eigenvalue weighted by Crippen LogP contribution is 2.38. The molecule has 1 aromatic carbocycles. The Morgan fingerprint density at radius 1 is 1.33 bits per heavy atom. The molecule has 3 N–H and O–H groups in total. The molecule has 1 aliphatic rings. The number of aromatic amines is 1. The molecule has 18 heavy (non-hydrogen) atoms. The number of aryl methyl sites for hydroxylation is 1. The molecule has 0 spiro atoms. The van der Waals surface area contributed by atoms with E-state index in [2.05, 4.69) is 10.2 Å². The zero-order chi connectivity index (χ0) is 12.5. The number of benzene rings is 1. The van der Waals surface area contributed by atoms with Gasteiger partial charge in [0.2, 0.25) is 6.79 Å². The van der Waals surface area contributed by atoms with E-state index < -0.39 is 0 Å². The Labute approximate surface area is 105 Å². The molecule has 0 fully saturated rings. The van der Waals surface area contributed by atoms with Crippen molar-refractivity contribution < 1.29 is 9.47 Å². The SMILES string of the molecule is Cc1cc2c(cc1-c1[nH]ncc1CCN)OCO2. The smallest absolute Gasteiger partial charge is 0.231 e. The van der Waals surface area contributed by atoms with Gasteiger partial charge in [-0.1, -0.05) is 0 Å². The zero-order valence-corrected chi connectivity index (χ0v) is 10.2. The van der Waals surface area contributed by atoms with Crippen LogP contribution in [0.25, 0.3) is 11.3 Å². The summed E-state index contributed by atoms with van der Waals surface area (Å²) in [7, 11) is 0. The van der Waals surface area contributed by atoms with Gasteiger partial charge in [-0.25, -0.2) is 0 Å². The fourth-order valence-corrected chi connectivity index (χ4v) is 2.20. The lowest BCUT2D eigenvalue weighted by molar-refractivity contribution is 0.174. The van der Waals surface area contributed by atoms with Crippen LogP contribution in [-0.4, -0.2) is 23.5 Å². The van der Waals surface area contributed by atoms with E-state index in [1.807, 2.05) is 25.3 Å². The third-order valence-corrected chi connectivity index (χ3v) is 3.12. The first-order valence-electron chi connectivity index (χ1n) is 5.92. The molecule has 2 heterocycles. The number of ether oxygens (including phenoxy) is 2. The maximum Gasteiger partial charge on any atom is 0.231 e. The summed E-state index contributed by atoms with van der Waals surface area (Å²) in [5.41, 5.74) is 9.95. The fourth-order valence-electron chi connectivity index (χ4n) is 2.20. The van der Waals surface area contributed by atoms with Crippen molar-refractivity contribution in [2.45, 2.75) is 13.3 Å². The molecule has 2 aromatic rings. The molecule has 0 bridgehead atoms. The molecule has 0 atom stereocenters. The second-order valence-corrected chi connectivity index (χ2v) is 4.33. The molecule has 5 heteroatoms. The van der Waals surface area contributed by atoms with E-state index in [1.165, 1.54) is 0 Å². The van der Waals surface area contributed by atoms with Crippen LogP contribution in [0, 0.1) is 6.92 Å².